The smallest absolute Gasteiger partial charge is 0.408 e. The maximum atomic E-state index is 14.0. The monoisotopic (exact) mass is 584 g/mol. The molecule has 4 N–H and O–H groups in total. The molecule has 1 saturated heterocycles. The lowest BCUT2D eigenvalue weighted by atomic mass is 9.95. The van der Waals surface area contributed by atoms with Crippen LogP contribution in [0.1, 0.15) is 84.3 Å². The van der Waals surface area contributed by atoms with Gasteiger partial charge >= 0.3 is 6.09 Å². The van der Waals surface area contributed by atoms with Crippen molar-refractivity contribution in [2.45, 2.75) is 110 Å². The van der Waals surface area contributed by atoms with Crippen LogP contribution in [0.5, 0.6) is 0 Å². The minimum atomic E-state index is -1.08. The number of alkyl carbamates (subject to hydrolysis) is 1. The maximum absolute atomic E-state index is 14.0. The van der Waals surface area contributed by atoms with E-state index in [2.05, 4.69) is 24.5 Å². The van der Waals surface area contributed by atoms with Crippen LogP contribution >= 0.6 is 0 Å². The normalized spacial score (nSPS) is 20.0. The van der Waals surface area contributed by atoms with Crippen molar-refractivity contribution in [3.05, 3.63) is 35.4 Å². The molecular weight excluding hydrogens is 536 g/mol. The van der Waals surface area contributed by atoms with Gasteiger partial charge < -0.3 is 26.0 Å². The molecule has 4 rings (SSSR count). The van der Waals surface area contributed by atoms with Crippen LogP contribution < -0.4 is 16.4 Å². The van der Waals surface area contributed by atoms with Gasteiger partial charge in [0.1, 0.15) is 18.2 Å². The van der Waals surface area contributed by atoms with Crippen LogP contribution in [0.3, 0.4) is 0 Å². The first kappa shape index (κ1) is 33.1. The molecule has 1 aliphatic heterocycles. The zero-order valence-electron chi connectivity index (χ0n) is 25.7. The number of ketones is 1. The van der Waals surface area contributed by atoms with Gasteiger partial charge in [0.15, 0.2) is 0 Å². The number of carbonyl (C=O) groups is 5. The summed E-state index contributed by atoms with van der Waals surface area (Å²) in [4.78, 5) is 65.7. The lowest BCUT2D eigenvalue weighted by Crippen LogP contribution is -2.58. The van der Waals surface area contributed by atoms with E-state index in [-0.39, 0.29) is 29.8 Å². The first-order valence-electron chi connectivity index (χ1n) is 15.4. The van der Waals surface area contributed by atoms with Crippen molar-refractivity contribution >= 4 is 29.6 Å². The molecule has 1 heterocycles. The van der Waals surface area contributed by atoms with Crippen molar-refractivity contribution in [1.82, 2.24) is 15.5 Å². The molecule has 2 unspecified atom stereocenters. The number of likely N-dealkylation sites (tertiary alicyclic amines) is 1. The predicted octanol–water partition coefficient (Wildman–Crippen LogP) is 3.29. The first-order valence-corrected chi connectivity index (χ1v) is 15.4. The number of nitrogens with one attached hydrogen (secondary N) is 2. The van der Waals surface area contributed by atoms with E-state index >= 15 is 0 Å². The summed E-state index contributed by atoms with van der Waals surface area (Å²) in [6, 6.07) is 5.28. The quantitative estimate of drug-likeness (QED) is 0.340. The Bertz CT molecular complexity index is 1110. The molecule has 1 aromatic carbocycles. The Labute approximate surface area is 249 Å². The summed E-state index contributed by atoms with van der Waals surface area (Å²) in [5, 5.41) is 5.53. The van der Waals surface area contributed by atoms with Gasteiger partial charge in [-0.05, 0) is 67.9 Å². The van der Waals surface area contributed by atoms with Crippen LogP contribution in [-0.4, -0.2) is 65.3 Å². The van der Waals surface area contributed by atoms with Crippen molar-refractivity contribution in [3.63, 3.8) is 0 Å². The Morgan fingerprint density at radius 2 is 1.57 bits per heavy atom. The summed E-state index contributed by atoms with van der Waals surface area (Å²) in [6.45, 7) is 10.3. The molecule has 1 aromatic rings. The standard InChI is InChI=1S/C29H40N4O6.C3H8/c1-16(2)17(3)39-29(38)32-24(21-14-19-7-4-5-8-20(19)15-21)28(37)33-12-6-9-23(33)27(36)31-22(13-18-10-11-18)25(34)26(30)35;1-3-2/h4-5,7-8,16-18,21-24H,6,9-15H2,1-3H3,(H2,30,35)(H,31,36)(H,32,38);3H2,1-2H3/t17?,22?,23-,24-;/m0./s1. The lowest BCUT2D eigenvalue weighted by molar-refractivity contribution is -0.142. The van der Waals surface area contributed by atoms with E-state index in [0.29, 0.717) is 38.6 Å². The number of nitrogens with two attached hydrogens (primary N) is 1. The number of benzene rings is 1. The fourth-order valence-corrected chi connectivity index (χ4v) is 5.52. The van der Waals surface area contributed by atoms with Gasteiger partial charge in [-0.2, -0.15) is 0 Å². The van der Waals surface area contributed by atoms with Crippen LogP contribution in [0.25, 0.3) is 0 Å². The van der Waals surface area contributed by atoms with Crippen LogP contribution in [0, 0.1) is 17.8 Å². The number of fused-ring (bicyclic) bond motifs is 1. The van der Waals surface area contributed by atoms with Gasteiger partial charge in [0.2, 0.25) is 17.6 Å². The Hall–Kier alpha value is -3.43. The van der Waals surface area contributed by atoms with E-state index in [1.165, 1.54) is 11.3 Å². The third-order valence-corrected chi connectivity index (χ3v) is 8.31. The SMILES string of the molecule is CC(C)C(C)OC(=O)N[C@H](C(=O)N1CCC[C@H]1C(=O)NC(CC1CC1)C(=O)C(N)=O)C1Cc2ccccc2C1.CCC. The van der Waals surface area contributed by atoms with E-state index < -0.39 is 41.8 Å². The van der Waals surface area contributed by atoms with Crippen LogP contribution in [0.15, 0.2) is 24.3 Å². The van der Waals surface area contributed by atoms with Crippen molar-refractivity contribution in [1.29, 1.82) is 0 Å². The highest BCUT2D eigenvalue weighted by molar-refractivity contribution is 6.37. The van der Waals surface area contributed by atoms with E-state index in [1.54, 1.807) is 6.92 Å². The van der Waals surface area contributed by atoms with Crippen molar-refractivity contribution < 1.29 is 28.7 Å². The third kappa shape index (κ3) is 8.79. The zero-order valence-corrected chi connectivity index (χ0v) is 25.7. The molecule has 0 radical (unpaired) electrons. The number of Topliss-reactive ketones (excluding diaryl/α,β-unsaturated/α-hetero) is 1. The average Bonchev–Trinajstić information content (AvgIpc) is 3.44. The molecule has 232 valence electrons. The fourth-order valence-electron chi connectivity index (χ4n) is 5.52. The summed E-state index contributed by atoms with van der Waals surface area (Å²) < 4.78 is 5.53. The van der Waals surface area contributed by atoms with Crippen molar-refractivity contribution in [2.75, 3.05) is 6.54 Å². The molecule has 0 spiro atoms. The van der Waals surface area contributed by atoms with E-state index in [4.69, 9.17) is 10.5 Å². The van der Waals surface area contributed by atoms with E-state index in [9.17, 15) is 24.0 Å². The highest BCUT2D eigenvalue weighted by Gasteiger charge is 2.43. The molecule has 10 nitrogen and oxygen atoms in total. The summed E-state index contributed by atoms with van der Waals surface area (Å²) >= 11 is 0. The van der Waals surface area contributed by atoms with Crippen molar-refractivity contribution in [3.8, 4) is 0 Å². The number of rotatable bonds is 11. The second-order valence-corrected chi connectivity index (χ2v) is 12.3. The second kappa shape index (κ2) is 15.2. The predicted molar refractivity (Wildman–Crippen MR) is 159 cm³/mol. The van der Waals surface area contributed by atoms with Crippen molar-refractivity contribution in [2.24, 2.45) is 23.5 Å². The lowest BCUT2D eigenvalue weighted by Gasteiger charge is -2.32. The van der Waals surface area contributed by atoms with Crippen LogP contribution in [0.4, 0.5) is 4.79 Å². The molecule has 0 bridgehead atoms. The van der Waals surface area contributed by atoms with Gasteiger partial charge in [0.25, 0.3) is 5.91 Å². The first-order chi connectivity index (χ1) is 20.0. The largest absolute Gasteiger partial charge is 0.446 e. The van der Waals surface area contributed by atoms with Gasteiger partial charge in [-0.3, -0.25) is 19.2 Å². The minimum absolute atomic E-state index is 0.110. The molecule has 4 atom stereocenters. The molecule has 0 aromatic heterocycles. The molecule has 3 aliphatic rings. The molecule has 4 amide bonds. The van der Waals surface area contributed by atoms with Gasteiger partial charge in [0, 0.05) is 6.54 Å². The Morgan fingerprint density at radius 3 is 2.10 bits per heavy atom. The van der Waals surface area contributed by atoms with E-state index in [0.717, 1.165) is 24.0 Å². The Morgan fingerprint density at radius 1 is 0.976 bits per heavy atom. The average molecular weight is 585 g/mol. The summed E-state index contributed by atoms with van der Waals surface area (Å²) in [6.07, 6.45) is 4.75. The molecule has 2 aliphatic carbocycles. The van der Waals surface area contributed by atoms with Crippen LogP contribution in [-0.2, 0) is 36.8 Å². The number of amides is 4. The second-order valence-electron chi connectivity index (χ2n) is 12.3. The fraction of sp³-hybridized carbons (Fsp3) is 0.656. The van der Waals surface area contributed by atoms with Gasteiger partial charge in [-0.25, -0.2) is 4.79 Å². The molecule has 2 fully saturated rings. The molecular formula is C32H48N4O6. The Kier molecular flexibility index (Phi) is 11.9. The zero-order chi connectivity index (χ0) is 31.0. The van der Waals surface area contributed by atoms with Crippen LogP contribution in [0.2, 0.25) is 0 Å². The summed E-state index contributed by atoms with van der Waals surface area (Å²) in [7, 11) is 0. The Balaban J connectivity index is 0.00000155. The number of ether oxygens (including phenoxy) is 1. The topological polar surface area (TPSA) is 148 Å². The maximum Gasteiger partial charge on any atom is 0.408 e. The molecule has 1 saturated carbocycles. The molecule has 10 heteroatoms. The number of hydrogen-bond donors (Lipinski definition) is 3. The summed E-state index contributed by atoms with van der Waals surface area (Å²) in [5.74, 6) is -2.54. The third-order valence-electron chi connectivity index (χ3n) is 8.31. The molecule has 42 heavy (non-hydrogen) atoms. The highest BCUT2D eigenvalue weighted by atomic mass is 16.6. The minimum Gasteiger partial charge on any atom is -0.446 e. The van der Waals surface area contributed by atoms with Gasteiger partial charge in [-0.1, -0.05) is 71.2 Å². The summed E-state index contributed by atoms with van der Waals surface area (Å²) in [5.41, 5.74) is 7.49. The number of primary amides is 1. The van der Waals surface area contributed by atoms with Gasteiger partial charge in [0.05, 0.1) is 6.04 Å². The van der Waals surface area contributed by atoms with Gasteiger partial charge in [-0.15, -0.1) is 0 Å². The van der Waals surface area contributed by atoms with E-state index in [1.807, 2.05) is 38.1 Å². The number of hydrogen-bond acceptors (Lipinski definition) is 6. The number of nitrogens with zero attached hydrogens (tertiary/aromatic N) is 1. The highest BCUT2D eigenvalue weighted by Crippen LogP contribution is 2.34. The number of carbonyl (C=O) groups excluding carboxylic acids is 5.